The molecule has 0 atom stereocenters. The molecule has 1 aromatic rings. The number of nitrogens with one attached hydrogen (secondary N) is 2. The Morgan fingerprint density at radius 3 is 2.81 bits per heavy atom. The minimum Gasteiger partial charge on any atom is -0.315 e. The number of unbranched alkanes of at least 4 members (excludes halogenated alkanes) is 1. The molecule has 0 spiro atoms. The lowest BCUT2D eigenvalue weighted by atomic mass is 10.3. The number of nitrogens with zero attached hydrogens (tertiary/aromatic N) is 2. The molecule has 2 N–H and O–H groups in total. The summed E-state index contributed by atoms with van der Waals surface area (Å²) in [6.45, 7) is 5.01. The highest BCUT2D eigenvalue weighted by atomic mass is 32.2. The Morgan fingerprint density at radius 2 is 2.10 bits per heavy atom. The molecule has 0 bridgehead atoms. The molecule has 0 aromatic carbocycles. The summed E-state index contributed by atoms with van der Waals surface area (Å²) >= 11 is 1.77. The standard InChI is InChI=1S/C13H26N4O2S2/c1-3-6-14-8-9-17-12-13(11-15-17)21(18,19)16-7-4-5-10-20-2/h11-12,14,16H,3-10H2,1-2H3. The van der Waals surface area contributed by atoms with Crippen LogP contribution in [-0.4, -0.2) is 49.8 Å². The first-order valence-electron chi connectivity index (χ1n) is 7.32. The number of hydrogen-bond acceptors (Lipinski definition) is 5. The normalized spacial score (nSPS) is 11.9. The molecule has 0 amide bonds. The van der Waals surface area contributed by atoms with Crippen molar-refractivity contribution in [3.8, 4) is 0 Å². The molecule has 0 radical (unpaired) electrons. The van der Waals surface area contributed by atoms with Crippen molar-refractivity contribution < 1.29 is 8.42 Å². The van der Waals surface area contributed by atoms with E-state index >= 15 is 0 Å². The highest BCUT2D eigenvalue weighted by Crippen LogP contribution is 2.07. The second-order valence-corrected chi connectivity index (χ2v) is 7.54. The fraction of sp³-hybridized carbons (Fsp3) is 0.769. The summed E-state index contributed by atoms with van der Waals surface area (Å²) < 4.78 is 28.4. The molecule has 0 unspecified atom stereocenters. The third-order valence-electron chi connectivity index (χ3n) is 2.93. The molecule has 6 nitrogen and oxygen atoms in total. The largest absolute Gasteiger partial charge is 0.315 e. The molecule has 1 rings (SSSR count). The lowest BCUT2D eigenvalue weighted by Gasteiger charge is -2.04. The van der Waals surface area contributed by atoms with E-state index in [4.69, 9.17) is 0 Å². The van der Waals surface area contributed by atoms with Crippen molar-refractivity contribution >= 4 is 21.8 Å². The Bertz CT molecular complexity index is 488. The maximum absolute atomic E-state index is 12.1. The molecular weight excluding hydrogens is 308 g/mol. The highest BCUT2D eigenvalue weighted by Gasteiger charge is 2.15. The van der Waals surface area contributed by atoms with Gasteiger partial charge in [-0.25, -0.2) is 13.1 Å². The van der Waals surface area contributed by atoms with Crippen LogP contribution in [0.5, 0.6) is 0 Å². The van der Waals surface area contributed by atoms with E-state index < -0.39 is 10.0 Å². The van der Waals surface area contributed by atoms with Crippen molar-refractivity contribution in [2.45, 2.75) is 37.6 Å². The molecule has 0 aliphatic heterocycles. The van der Waals surface area contributed by atoms with E-state index in [-0.39, 0.29) is 4.90 Å². The van der Waals surface area contributed by atoms with Gasteiger partial charge in [-0.3, -0.25) is 4.68 Å². The van der Waals surface area contributed by atoms with Gasteiger partial charge in [0.25, 0.3) is 0 Å². The van der Waals surface area contributed by atoms with Crippen molar-refractivity contribution in [3.05, 3.63) is 12.4 Å². The number of thioether (sulfide) groups is 1. The smallest absolute Gasteiger partial charge is 0.243 e. The summed E-state index contributed by atoms with van der Waals surface area (Å²) in [7, 11) is -3.42. The molecule has 0 aliphatic carbocycles. The van der Waals surface area contributed by atoms with Crippen LogP contribution in [0, 0.1) is 0 Å². The summed E-state index contributed by atoms with van der Waals surface area (Å²) in [4.78, 5) is 0.239. The monoisotopic (exact) mass is 334 g/mol. The Kier molecular flexibility index (Phi) is 8.98. The summed E-state index contributed by atoms with van der Waals surface area (Å²) in [5.41, 5.74) is 0. The zero-order chi connectivity index (χ0) is 15.6. The van der Waals surface area contributed by atoms with E-state index in [0.29, 0.717) is 13.1 Å². The van der Waals surface area contributed by atoms with E-state index in [1.165, 1.54) is 6.20 Å². The second-order valence-electron chi connectivity index (χ2n) is 4.79. The van der Waals surface area contributed by atoms with Gasteiger partial charge in [0.05, 0.1) is 12.7 Å². The van der Waals surface area contributed by atoms with E-state index in [2.05, 4.69) is 22.1 Å². The first-order chi connectivity index (χ1) is 10.1. The molecule has 1 heterocycles. The molecule has 0 saturated heterocycles. The first-order valence-corrected chi connectivity index (χ1v) is 10.2. The van der Waals surface area contributed by atoms with E-state index in [1.54, 1.807) is 22.6 Å². The zero-order valence-electron chi connectivity index (χ0n) is 12.8. The molecule has 21 heavy (non-hydrogen) atoms. The minimum absolute atomic E-state index is 0.239. The molecule has 0 fully saturated rings. The highest BCUT2D eigenvalue weighted by molar-refractivity contribution is 7.98. The molecule has 122 valence electrons. The molecular formula is C13H26N4O2S2. The average Bonchev–Trinajstić information content (AvgIpc) is 2.93. The van der Waals surface area contributed by atoms with Crippen LogP contribution in [-0.2, 0) is 16.6 Å². The quantitative estimate of drug-likeness (QED) is 0.564. The van der Waals surface area contributed by atoms with Crippen molar-refractivity contribution in [2.75, 3.05) is 31.6 Å². The third kappa shape index (κ3) is 7.30. The predicted molar refractivity (Wildman–Crippen MR) is 88.2 cm³/mol. The van der Waals surface area contributed by atoms with Gasteiger partial charge in [-0.15, -0.1) is 0 Å². The van der Waals surface area contributed by atoms with Crippen LogP contribution in [0.3, 0.4) is 0 Å². The van der Waals surface area contributed by atoms with Crippen LogP contribution >= 0.6 is 11.8 Å². The average molecular weight is 335 g/mol. The minimum atomic E-state index is -3.42. The first kappa shape index (κ1) is 18.5. The SMILES string of the molecule is CCCNCCn1cc(S(=O)(=O)NCCCCSC)cn1. The van der Waals surface area contributed by atoms with E-state index in [1.807, 2.05) is 6.26 Å². The van der Waals surface area contributed by atoms with Gasteiger partial charge < -0.3 is 5.32 Å². The molecule has 8 heteroatoms. The Hall–Kier alpha value is -0.570. The summed E-state index contributed by atoms with van der Waals surface area (Å²) in [5.74, 6) is 1.06. The Balaban J connectivity index is 2.39. The van der Waals surface area contributed by atoms with Gasteiger partial charge in [0.15, 0.2) is 0 Å². The lowest BCUT2D eigenvalue weighted by molar-refractivity contribution is 0.551. The van der Waals surface area contributed by atoms with Crippen molar-refractivity contribution in [1.82, 2.24) is 19.8 Å². The third-order valence-corrected chi connectivity index (χ3v) is 5.04. The topological polar surface area (TPSA) is 76.0 Å². The van der Waals surface area contributed by atoms with Crippen LogP contribution in [0.4, 0.5) is 0 Å². The lowest BCUT2D eigenvalue weighted by Crippen LogP contribution is -2.24. The van der Waals surface area contributed by atoms with Crippen LogP contribution in [0.1, 0.15) is 26.2 Å². The van der Waals surface area contributed by atoms with Crippen LogP contribution in [0.2, 0.25) is 0 Å². The summed E-state index contributed by atoms with van der Waals surface area (Å²) in [6, 6.07) is 0. The molecule has 1 aromatic heterocycles. The van der Waals surface area contributed by atoms with Gasteiger partial charge in [0, 0.05) is 19.3 Å². The Labute approximate surface area is 132 Å². The fourth-order valence-corrected chi connectivity index (χ4v) is 3.28. The van der Waals surface area contributed by atoms with Crippen LogP contribution < -0.4 is 10.0 Å². The van der Waals surface area contributed by atoms with Gasteiger partial charge in [0.2, 0.25) is 10.0 Å². The van der Waals surface area contributed by atoms with Crippen LogP contribution in [0.25, 0.3) is 0 Å². The van der Waals surface area contributed by atoms with Crippen LogP contribution in [0.15, 0.2) is 17.3 Å². The number of aromatic nitrogens is 2. The summed E-state index contributed by atoms with van der Waals surface area (Å²) in [5, 5.41) is 7.35. The zero-order valence-corrected chi connectivity index (χ0v) is 14.5. The van der Waals surface area contributed by atoms with E-state index in [0.717, 1.165) is 38.1 Å². The van der Waals surface area contributed by atoms with E-state index in [9.17, 15) is 8.42 Å². The number of rotatable bonds is 12. The van der Waals surface area contributed by atoms with Gasteiger partial charge in [0.1, 0.15) is 4.90 Å². The number of hydrogen-bond donors (Lipinski definition) is 2. The maximum Gasteiger partial charge on any atom is 0.243 e. The van der Waals surface area contributed by atoms with Crippen molar-refractivity contribution in [1.29, 1.82) is 0 Å². The van der Waals surface area contributed by atoms with Gasteiger partial charge in [-0.05, 0) is 37.8 Å². The molecule has 0 saturated carbocycles. The number of sulfonamides is 1. The Morgan fingerprint density at radius 1 is 1.29 bits per heavy atom. The fourth-order valence-electron chi connectivity index (χ4n) is 1.76. The summed E-state index contributed by atoms with van der Waals surface area (Å²) in [6.07, 6.45) is 8.00. The van der Waals surface area contributed by atoms with Gasteiger partial charge in [-0.2, -0.15) is 16.9 Å². The second kappa shape index (κ2) is 10.2. The van der Waals surface area contributed by atoms with Gasteiger partial charge >= 0.3 is 0 Å². The maximum atomic E-state index is 12.1. The van der Waals surface area contributed by atoms with Crippen molar-refractivity contribution in [2.24, 2.45) is 0 Å². The van der Waals surface area contributed by atoms with Crippen molar-refractivity contribution in [3.63, 3.8) is 0 Å². The predicted octanol–water partition coefficient (Wildman–Crippen LogP) is 1.30. The molecule has 0 aliphatic rings. The van der Waals surface area contributed by atoms with Gasteiger partial charge in [-0.1, -0.05) is 6.92 Å².